The lowest BCUT2D eigenvalue weighted by Gasteiger charge is -2.33. The fraction of sp³-hybridized carbons (Fsp3) is 0.375. The number of nitrogens with zero attached hydrogens (tertiary/aromatic N) is 3. The van der Waals surface area contributed by atoms with Crippen LogP contribution >= 0.6 is 0 Å². The van der Waals surface area contributed by atoms with Crippen molar-refractivity contribution in [3.8, 4) is 0 Å². The van der Waals surface area contributed by atoms with Crippen LogP contribution in [0.3, 0.4) is 0 Å². The molecule has 0 aliphatic carbocycles. The average Bonchev–Trinajstić information content (AvgIpc) is 3.48. The second-order valence-electron chi connectivity index (χ2n) is 8.49. The average molecular weight is 418 g/mol. The van der Waals surface area contributed by atoms with E-state index in [1.807, 2.05) is 47.5 Å². The van der Waals surface area contributed by atoms with E-state index >= 15 is 0 Å². The molecule has 7 heteroatoms. The molecule has 2 saturated heterocycles. The predicted octanol–water partition coefficient (Wildman–Crippen LogP) is 2.81. The number of amides is 2. The molecule has 0 saturated carbocycles. The molecule has 2 aliphatic rings. The molecule has 1 atom stereocenters. The lowest BCUT2D eigenvalue weighted by Crippen LogP contribution is -2.45. The highest BCUT2D eigenvalue weighted by molar-refractivity contribution is 5.98. The Morgan fingerprint density at radius 1 is 1.00 bits per heavy atom. The van der Waals surface area contributed by atoms with E-state index in [1.165, 1.54) is 0 Å². The van der Waals surface area contributed by atoms with E-state index in [2.05, 4.69) is 20.2 Å². The van der Waals surface area contributed by atoms with E-state index < -0.39 is 0 Å². The largest absolute Gasteiger partial charge is 0.371 e. The summed E-state index contributed by atoms with van der Waals surface area (Å²) in [5.41, 5.74) is 2.81. The Labute approximate surface area is 181 Å². The topological polar surface area (TPSA) is 81.3 Å². The van der Waals surface area contributed by atoms with Crippen molar-refractivity contribution in [1.82, 2.24) is 20.2 Å². The number of aromatic amines is 1. The third-order valence-corrected chi connectivity index (χ3v) is 6.52. The number of anilines is 1. The SMILES string of the molecule is O=C(NC1CCN(C(=O)c2ccc3cc[nH]c3c2)C1)C1CCN(c2ccncc2)CC1. The summed E-state index contributed by atoms with van der Waals surface area (Å²) < 4.78 is 0. The molecule has 0 bridgehead atoms. The van der Waals surface area contributed by atoms with E-state index in [1.54, 1.807) is 12.4 Å². The van der Waals surface area contributed by atoms with Crippen LogP contribution in [0.1, 0.15) is 29.6 Å². The van der Waals surface area contributed by atoms with Crippen LogP contribution in [0.15, 0.2) is 55.0 Å². The molecule has 2 amide bonds. The third-order valence-electron chi connectivity index (χ3n) is 6.52. The summed E-state index contributed by atoms with van der Waals surface area (Å²) in [6.45, 7) is 2.99. The number of piperidine rings is 1. The number of benzene rings is 1. The van der Waals surface area contributed by atoms with Crippen LogP contribution in [-0.2, 0) is 4.79 Å². The summed E-state index contributed by atoms with van der Waals surface area (Å²) in [6.07, 6.45) is 7.98. The van der Waals surface area contributed by atoms with Crippen molar-refractivity contribution in [1.29, 1.82) is 0 Å². The van der Waals surface area contributed by atoms with Gasteiger partial charge in [-0.15, -0.1) is 0 Å². The van der Waals surface area contributed by atoms with Crippen LogP contribution in [0.4, 0.5) is 5.69 Å². The van der Waals surface area contributed by atoms with E-state index in [0.717, 1.165) is 48.9 Å². The minimum Gasteiger partial charge on any atom is -0.371 e. The number of rotatable bonds is 4. The normalized spacial score (nSPS) is 19.7. The Bertz CT molecular complexity index is 1070. The van der Waals surface area contributed by atoms with Gasteiger partial charge in [-0.2, -0.15) is 0 Å². The number of likely N-dealkylation sites (tertiary alicyclic amines) is 1. The second-order valence-corrected chi connectivity index (χ2v) is 8.49. The Balaban J connectivity index is 1.13. The number of H-pyrrole nitrogens is 1. The van der Waals surface area contributed by atoms with Gasteiger partial charge in [-0.1, -0.05) is 6.07 Å². The third kappa shape index (κ3) is 4.13. The van der Waals surface area contributed by atoms with Crippen molar-refractivity contribution < 1.29 is 9.59 Å². The molecule has 31 heavy (non-hydrogen) atoms. The maximum Gasteiger partial charge on any atom is 0.254 e. The van der Waals surface area contributed by atoms with Crippen molar-refractivity contribution in [2.24, 2.45) is 5.92 Å². The Kier molecular flexibility index (Phi) is 5.32. The number of carbonyl (C=O) groups is 2. The molecule has 2 aromatic heterocycles. The summed E-state index contributed by atoms with van der Waals surface area (Å²) in [6, 6.07) is 11.8. The smallest absolute Gasteiger partial charge is 0.254 e. The second kappa shape index (κ2) is 8.41. The van der Waals surface area contributed by atoms with Gasteiger partial charge in [0.25, 0.3) is 5.91 Å². The van der Waals surface area contributed by atoms with Gasteiger partial charge in [0.15, 0.2) is 0 Å². The number of carbonyl (C=O) groups excluding carboxylic acids is 2. The molecular weight excluding hydrogens is 390 g/mol. The highest BCUT2D eigenvalue weighted by atomic mass is 16.2. The van der Waals surface area contributed by atoms with Crippen LogP contribution in [-0.4, -0.2) is 58.9 Å². The first-order valence-electron chi connectivity index (χ1n) is 11.0. The predicted molar refractivity (Wildman–Crippen MR) is 120 cm³/mol. The lowest BCUT2D eigenvalue weighted by molar-refractivity contribution is -0.126. The van der Waals surface area contributed by atoms with Gasteiger partial charge in [-0.3, -0.25) is 14.6 Å². The minimum absolute atomic E-state index is 0.0268. The van der Waals surface area contributed by atoms with E-state index in [0.29, 0.717) is 18.7 Å². The highest BCUT2D eigenvalue weighted by Crippen LogP contribution is 2.24. The van der Waals surface area contributed by atoms with Crippen molar-refractivity contribution in [2.45, 2.75) is 25.3 Å². The number of nitrogens with one attached hydrogen (secondary N) is 2. The highest BCUT2D eigenvalue weighted by Gasteiger charge is 2.31. The van der Waals surface area contributed by atoms with Crippen molar-refractivity contribution in [2.75, 3.05) is 31.1 Å². The van der Waals surface area contributed by atoms with E-state index in [4.69, 9.17) is 0 Å². The number of hydrogen-bond acceptors (Lipinski definition) is 4. The minimum atomic E-state index is 0.0268. The van der Waals surface area contributed by atoms with Crippen molar-refractivity contribution in [3.05, 3.63) is 60.6 Å². The van der Waals surface area contributed by atoms with Gasteiger partial charge in [0, 0.05) is 73.5 Å². The Hall–Kier alpha value is -3.35. The van der Waals surface area contributed by atoms with Gasteiger partial charge in [0.2, 0.25) is 5.91 Å². The molecule has 2 aliphatic heterocycles. The summed E-state index contributed by atoms with van der Waals surface area (Å²) in [5.74, 6) is 0.193. The van der Waals surface area contributed by atoms with E-state index in [9.17, 15) is 9.59 Å². The number of hydrogen-bond donors (Lipinski definition) is 2. The molecule has 7 nitrogen and oxygen atoms in total. The molecule has 2 fully saturated rings. The van der Waals surface area contributed by atoms with Gasteiger partial charge in [0.05, 0.1) is 0 Å². The zero-order chi connectivity index (χ0) is 21.2. The number of pyridine rings is 1. The van der Waals surface area contributed by atoms with Crippen LogP contribution in [0, 0.1) is 5.92 Å². The quantitative estimate of drug-likeness (QED) is 0.684. The maximum atomic E-state index is 12.9. The van der Waals surface area contributed by atoms with Crippen LogP contribution in [0.25, 0.3) is 10.9 Å². The monoisotopic (exact) mass is 417 g/mol. The molecular formula is C24H27N5O2. The fourth-order valence-electron chi connectivity index (χ4n) is 4.70. The Morgan fingerprint density at radius 3 is 2.61 bits per heavy atom. The molecule has 1 aromatic carbocycles. The molecule has 5 rings (SSSR count). The number of aromatic nitrogens is 2. The molecule has 160 valence electrons. The molecule has 0 spiro atoms. The molecule has 0 radical (unpaired) electrons. The van der Waals surface area contributed by atoms with Crippen molar-refractivity contribution >= 4 is 28.4 Å². The summed E-state index contributed by atoms with van der Waals surface area (Å²) >= 11 is 0. The summed E-state index contributed by atoms with van der Waals surface area (Å²) in [5, 5.41) is 4.29. The summed E-state index contributed by atoms with van der Waals surface area (Å²) in [7, 11) is 0. The molecule has 2 N–H and O–H groups in total. The zero-order valence-corrected chi connectivity index (χ0v) is 17.5. The molecule has 3 aromatic rings. The first kappa shape index (κ1) is 19.6. The van der Waals surface area contributed by atoms with E-state index in [-0.39, 0.29) is 23.8 Å². The van der Waals surface area contributed by atoms with Gasteiger partial charge in [-0.25, -0.2) is 0 Å². The fourth-order valence-corrected chi connectivity index (χ4v) is 4.70. The maximum absolute atomic E-state index is 12.9. The molecule has 1 unspecified atom stereocenters. The van der Waals surface area contributed by atoms with Crippen molar-refractivity contribution in [3.63, 3.8) is 0 Å². The van der Waals surface area contributed by atoms with Gasteiger partial charge >= 0.3 is 0 Å². The molecule has 4 heterocycles. The van der Waals surface area contributed by atoms with Crippen LogP contribution < -0.4 is 10.2 Å². The zero-order valence-electron chi connectivity index (χ0n) is 17.5. The van der Waals surface area contributed by atoms with Gasteiger partial charge < -0.3 is 20.1 Å². The Morgan fingerprint density at radius 2 is 1.81 bits per heavy atom. The standard InChI is InChI=1S/C24H27N5O2/c30-23(18-6-12-28(13-7-18)21-4-9-25-10-5-21)27-20-8-14-29(16-20)24(31)19-2-1-17-3-11-26-22(17)15-19/h1-5,9-11,15,18,20,26H,6-8,12-14,16H2,(H,27,30). The lowest BCUT2D eigenvalue weighted by atomic mass is 9.95. The first-order valence-corrected chi connectivity index (χ1v) is 11.0. The van der Waals surface area contributed by atoms with Crippen LogP contribution in [0.5, 0.6) is 0 Å². The van der Waals surface area contributed by atoms with Gasteiger partial charge in [-0.05, 0) is 55.0 Å². The number of fused-ring (bicyclic) bond motifs is 1. The first-order chi connectivity index (χ1) is 15.2. The van der Waals surface area contributed by atoms with Crippen LogP contribution in [0.2, 0.25) is 0 Å². The summed E-state index contributed by atoms with van der Waals surface area (Å²) in [4.78, 5) is 37.1. The van der Waals surface area contributed by atoms with Gasteiger partial charge in [0.1, 0.15) is 0 Å².